The first-order chi connectivity index (χ1) is 6.63. The molecule has 3 nitrogen and oxygen atoms in total. The van der Waals surface area contributed by atoms with Crippen molar-refractivity contribution >= 4 is 34.6 Å². The van der Waals surface area contributed by atoms with E-state index in [1.54, 1.807) is 12.3 Å². The summed E-state index contributed by atoms with van der Waals surface area (Å²) in [7, 11) is 1.93. The van der Waals surface area contributed by atoms with Gasteiger partial charge in [0.1, 0.15) is 5.15 Å². The summed E-state index contributed by atoms with van der Waals surface area (Å²) in [5.74, 6) is 0. The highest BCUT2D eigenvalue weighted by molar-refractivity contribution is 7.80. The van der Waals surface area contributed by atoms with Gasteiger partial charge in [-0.05, 0) is 31.3 Å². The highest BCUT2D eigenvalue weighted by atomic mass is 35.5. The lowest BCUT2D eigenvalue weighted by atomic mass is 10.4. The first kappa shape index (κ1) is 11.2. The third kappa shape index (κ3) is 3.12. The van der Waals surface area contributed by atoms with Crippen molar-refractivity contribution < 1.29 is 0 Å². The van der Waals surface area contributed by atoms with Gasteiger partial charge in [-0.2, -0.15) is 0 Å². The van der Waals surface area contributed by atoms with Gasteiger partial charge >= 0.3 is 0 Å². The number of anilines is 1. The molecule has 0 aromatic carbocycles. The molecule has 0 fully saturated rings. The number of hydrogen-bond acceptors (Lipinski definition) is 2. The Morgan fingerprint density at radius 2 is 2.36 bits per heavy atom. The largest absolute Gasteiger partial charge is 0.352 e. The van der Waals surface area contributed by atoms with Gasteiger partial charge in [-0.15, -0.1) is 0 Å². The monoisotopic (exact) mass is 229 g/mol. The van der Waals surface area contributed by atoms with Crippen molar-refractivity contribution in [3.05, 3.63) is 23.5 Å². The molecule has 0 saturated heterocycles. The van der Waals surface area contributed by atoms with E-state index in [2.05, 4.69) is 10.3 Å². The standard InChI is InChI=1S/C9H12ClN3S/c1-3-13(2)9(14)12-7-4-5-8(10)11-6-7/h4-6H,3H2,1-2H3,(H,12,14). The van der Waals surface area contributed by atoms with Crippen LogP contribution >= 0.6 is 23.8 Å². The van der Waals surface area contributed by atoms with Crippen molar-refractivity contribution in [1.82, 2.24) is 9.88 Å². The smallest absolute Gasteiger partial charge is 0.173 e. The molecule has 0 spiro atoms. The van der Waals surface area contributed by atoms with Gasteiger partial charge in [-0.1, -0.05) is 11.6 Å². The normalized spacial score (nSPS) is 9.64. The van der Waals surface area contributed by atoms with E-state index in [1.165, 1.54) is 0 Å². The Morgan fingerprint density at radius 3 is 2.86 bits per heavy atom. The zero-order chi connectivity index (χ0) is 10.6. The molecule has 14 heavy (non-hydrogen) atoms. The first-order valence-electron chi connectivity index (χ1n) is 4.27. The van der Waals surface area contributed by atoms with Crippen molar-refractivity contribution in [3.8, 4) is 0 Å². The highest BCUT2D eigenvalue weighted by Crippen LogP contribution is 2.10. The quantitative estimate of drug-likeness (QED) is 0.623. The summed E-state index contributed by atoms with van der Waals surface area (Å²) in [6.45, 7) is 2.90. The van der Waals surface area contributed by atoms with E-state index >= 15 is 0 Å². The van der Waals surface area contributed by atoms with Gasteiger partial charge in [0.25, 0.3) is 0 Å². The number of nitrogens with one attached hydrogen (secondary N) is 1. The molecule has 0 bridgehead atoms. The highest BCUT2D eigenvalue weighted by Gasteiger charge is 2.01. The molecule has 1 aromatic heterocycles. The lowest BCUT2D eigenvalue weighted by Crippen LogP contribution is -2.30. The van der Waals surface area contributed by atoms with Crippen LogP contribution in [0.15, 0.2) is 18.3 Å². The fourth-order valence-electron chi connectivity index (χ4n) is 0.812. The van der Waals surface area contributed by atoms with Gasteiger partial charge in [-0.3, -0.25) is 0 Å². The number of halogens is 1. The number of hydrogen-bond donors (Lipinski definition) is 1. The van der Waals surface area contributed by atoms with Crippen LogP contribution in [0.1, 0.15) is 6.92 Å². The lowest BCUT2D eigenvalue weighted by molar-refractivity contribution is 0.544. The van der Waals surface area contributed by atoms with E-state index in [-0.39, 0.29) is 0 Å². The van der Waals surface area contributed by atoms with Crippen LogP contribution in [-0.4, -0.2) is 28.6 Å². The van der Waals surface area contributed by atoms with Crippen molar-refractivity contribution in [2.75, 3.05) is 18.9 Å². The van der Waals surface area contributed by atoms with E-state index in [4.69, 9.17) is 23.8 Å². The van der Waals surface area contributed by atoms with Gasteiger partial charge in [0, 0.05) is 13.6 Å². The summed E-state index contributed by atoms with van der Waals surface area (Å²) < 4.78 is 0. The van der Waals surface area contributed by atoms with Crippen LogP contribution in [0.2, 0.25) is 5.15 Å². The van der Waals surface area contributed by atoms with Gasteiger partial charge in [0.15, 0.2) is 5.11 Å². The second kappa shape index (κ2) is 5.12. The summed E-state index contributed by atoms with van der Waals surface area (Å²) in [5.41, 5.74) is 0.847. The summed E-state index contributed by atoms with van der Waals surface area (Å²) in [6.07, 6.45) is 1.65. The zero-order valence-corrected chi connectivity index (χ0v) is 9.69. The summed E-state index contributed by atoms with van der Waals surface area (Å²) >= 11 is 10.8. The molecule has 0 aliphatic carbocycles. The topological polar surface area (TPSA) is 28.2 Å². The predicted octanol–water partition coefficient (Wildman–Crippen LogP) is 2.38. The SMILES string of the molecule is CCN(C)C(=S)Nc1ccc(Cl)nc1. The second-order valence-electron chi connectivity index (χ2n) is 2.81. The van der Waals surface area contributed by atoms with E-state index in [0.29, 0.717) is 10.3 Å². The van der Waals surface area contributed by atoms with Crippen LogP contribution in [0.25, 0.3) is 0 Å². The average molecular weight is 230 g/mol. The van der Waals surface area contributed by atoms with E-state index in [9.17, 15) is 0 Å². The molecular weight excluding hydrogens is 218 g/mol. The van der Waals surface area contributed by atoms with Crippen LogP contribution in [-0.2, 0) is 0 Å². The molecular formula is C9H12ClN3S. The Kier molecular flexibility index (Phi) is 4.10. The number of nitrogens with zero attached hydrogens (tertiary/aromatic N) is 2. The van der Waals surface area contributed by atoms with Crippen molar-refractivity contribution in [2.24, 2.45) is 0 Å². The molecule has 1 N–H and O–H groups in total. The average Bonchev–Trinajstić information content (AvgIpc) is 2.20. The predicted molar refractivity (Wildman–Crippen MR) is 63.8 cm³/mol. The maximum atomic E-state index is 5.66. The third-order valence-corrected chi connectivity index (χ3v) is 2.44. The number of pyridine rings is 1. The summed E-state index contributed by atoms with van der Waals surface area (Å²) in [6, 6.07) is 3.56. The van der Waals surface area contributed by atoms with Crippen molar-refractivity contribution in [2.45, 2.75) is 6.92 Å². The maximum absolute atomic E-state index is 5.66. The molecule has 1 heterocycles. The summed E-state index contributed by atoms with van der Waals surface area (Å²) in [5, 5.41) is 4.21. The number of rotatable bonds is 2. The molecule has 0 radical (unpaired) electrons. The van der Waals surface area contributed by atoms with Crippen LogP contribution in [0.3, 0.4) is 0 Å². The molecule has 76 valence electrons. The maximum Gasteiger partial charge on any atom is 0.173 e. The zero-order valence-electron chi connectivity index (χ0n) is 8.12. The van der Waals surface area contributed by atoms with Gasteiger partial charge in [0.05, 0.1) is 11.9 Å². The minimum absolute atomic E-state index is 0.477. The minimum Gasteiger partial charge on any atom is -0.352 e. The van der Waals surface area contributed by atoms with Crippen molar-refractivity contribution in [1.29, 1.82) is 0 Å². The minimum atomic E-state index is 0.477. The fourth-order valence-corrected chi connectivity index (χ4v) is 1.17. The number of thiocarbonyl (C=S) groups is 1. The Morgan fingerprint density at radius 1 is 1.64 bits per heavy atom. The molecule has 0 saturated carbocycles. The fraction of sp³-hybridized carbons (Fsp3) is 0.333. The van der Waals surface area contributed by atoms with Gasteiger partial charge in [0.2, 0.25) is 0 Å². The molecule has 5 heteroatoms. The Hall–Kier alpha value is -0.870. The van der Waals surface area contributed by atoms with Gasteiger partial charge < -0.3 is 10.2 Å². The molecule has 0 aliphatic heterocycles. The molecule has 0 unspecified atom stereocenters. The van der Waals surface area contributed by atoms with E-state index < -0.39 is 0 Å². The molecule has 1 rings (SSSR count). The Bertz CT molecular complexity index is 312. The molecule has 0 amide bonds. The lowest BCUT2D eigenvalue weighted by Gasteiger charge is -2.18. The van der Waals surface area contributed by atoms with Crippen LogP contribution in [0.5, 0.6) is 0 Å². The Labute approximate surface area is 94.1 Å². The summed E-state index contributed by atoms with van der Waals surface area (Å²) in [4.78, 5) is 5.88. The number of aromatic nitrogens is 1. The molecule has 0 atom stereocenters. The van der Waals surface area contributed by atoms with Crippen LogP contribution in [0, 0.1) is 0 Å². The second-order valence-corrected chi connectivity index (χ2v) is 3.59. The van der Waals surface area contributed by atoms with E-state index in [0.717, 1.165) is 12.2 Å². The Balaban J connectivity index is 2.60. The van der Waals surface area contributed by atoms with Crippen molar-refractivity contribution in [3.63, 3.8) is 0 Å². The first-order valence-corrected chi connectivity index (χ1v) is 5.05. The van der Waals surface area contributed by atoms with Gasteiger partial charge in [-0.25, -0.2) is 4.98 Å². The molecule has 0 aliphatic rings. The van der Waals surface area contributed by atoms with Crippen LogP contribution in [0.4, 0.5) is 5.69 Å². The molecule has 1 aromatic rings. The van der Waals surface area contributed by atoms with E-state index in [1.807, 2.05) is 24.9 Å². The van der Waals surface area contributed by atoms with Crippen LogP contribution < -0.4 is 5.32 Å². The third-order valence-electron chi connectivity index (χ3n) is 1.80.